The van der Waals surface area contributed by atoms with Crippen molar-refractivity contribution in [2.75, 3.05) is 7.11 Å². The highest BCUT2D eigenvalue weighted by Gasteiger charge is 2.09. The number of rotatable bonds is 1. The molecule has 0 aliphatic rings. The Bertz CT molecular complexity index is 447. The van der Waals surface area contributed by atoms with Gasteiger partial charge in [0.2, 0.25) is 0 Å². The summed E-state index contributed by atoms with van der Waals surface area (Å²) in [4.78, 5) is 0. The highest BCUT2D eigenvalue weighted by atomic mass is 79.9. The summed E-state index contributed by atoms with van der Waals surface area (Å²) < 4.78 is 7.63. The molecule has 0 saturated carbocycles. The largest absolute Gasteiger partial charge is 0.495 e. The molecule has 1 aromatic carbocycles. The number of methoxy groups -OCH3 is 1. The van der Waals surface area contributed by atoms with Gasteiger partial charge < -0.3 is 4.74 Å². The van der Waals surface area contributed by atoms with Gasteiger partial charge in [0.25, 0.3) is 0 Å². The van der Waals surface area contributed by atoms with Gasteiger partial charge >= 0.3 is 0 Å². The first-order valence-corrected chi connectivity index (χ1v) is 5.61. The maximum atomic E-state index is 5.31. The van der Waals surface area contributed by atoms with Crippen molar-refractivity contribution in [3.8, 4) is 5.75 Å². The molecule has 0 fully saturated rings. The molecule has 1 heterocycles. The maximum absolute atomic E-state index is 5.31. The van der Waals surface area contributed by atoms with E-state index in [2.05, 4.69) is 40.4 Å². The summed E-state index contributed by atoms with van der Waals surface area (Å²) >= 11 is 5.28. The van der Waals surface area contributed by atoms with E-state index in [0.717, 1.165) is 10.2 Å². The average molecular weight is 257 g/mol. The molecule has 0 N–H and O–H groups in total. The first kappa shape index (κ1) is 9.03. The van der Waals surface area contributed by atoms with Crippen LogP contribution in [0.3, 0.4) is 0 Å². The van der Waals surface area contributed by atoms with E-state index < -0.39 is 0 Å². The third-order valence-electron chi connectivity index (χ3n) is 2.03. The lowest BCUT2D eigenvalue weighted by atomic mass is 10.2. The number of aryl methyl sites for hydroxylation is 1. The average Bonchev–Trinajstić information content (AvgIpc) is 2.53. The fraction of sp³-hybridized carbons (Fsp3) is 0.200. The number of halogens is 1. The van der Waals surface area contributed by atoms with Crippen LogP contribution in [0.2, 0.25) is 0 Å². The molecule has 68 valence electrons. The number of thiophene rings is 1. The molecule has 0 saturated heterocycles. The van der Waals surface area contributed by atoms with Gasteiger partial charge in [-0.15, -0.1) is 11.3 Å². The third-order valence-corrected chi connectivity index (χ3v) is 4.00. The number of hydrogen-bond donors (Lipinski definition) is 0. The van der Waals surface area contributed by atoms with Crippen LogP contribution in [0.1, 0.15) is 5.56 Å². The zero-order chi connectivity index (χ0) is 9.42. The molecule has 0 spiro atoms. The van der Waals surface area contributed by atoms with Gasteiger partial charge in [-0.3, -0.25) is 0 Å². The van der Waals surface area contributed by atoms with Crippen LogP contribution in [0.25, 0.3) is 10.1 Å². The van der Waals surface area contributed by atoms with Crippen molar-refractivity contribution >= 4 is 37.4 Å². The Morgan fingerprint density at radius 3 is 2.92 bits per heavy atom. The van der Waals surface area contributed by atoms with E-state index >= 15 is 0 Å². The summed E-state index contributed by atoms with van der Waals surface area (Å²) in [6.45, 7) is 2.06. The Kier molecular flexibility index (Phi) is 2.30. The fourth-order valence-electron chi connectivity index (χ4n) is 1.44. The van der Waals surface area contributed by atoms with Gasteiger partial charge in [0.15, 0.2) is 0 Å². The third kappa shape index (κ3) is 1.36. The van der Waals surface area contributed by atoms with Gasteiger partial charge in [-0.1, -0.05) is 0 Å². The topological polar surface area (TPSA) is 9.23 Å². The van der Waals surface area contributed by atoms with E-state index in [9.17, 15) is 0 Å². The minimum Gasteiger partial charge on any atom is -0.495 e. The van der Waals surface area contributed by atoms with Crippen molar-refractivity contribution in [1.82, 2.24) is 0 Å². The quantitative estimate of drug-likeness (QED) is 0.750. The molecule has 3 heteroatoms. The van der Waals surface area contributed by atoms with Gasteiger partial charge in [0.05, 0.1) is 16.3 Å². The second-order valence-electron chi connectivity index (χ2n) is 2.88. The van der Waals surface area contributed by atoms with Crippen molar-refractivity contribution in [2.24, 2.45) is 0 Å². The van der Waals surface area contributed by atoms with E-state index in [1.165, 1.54) is 15.6 Å². The molecule has 0 amide bonds. The Labute approximate surface area is 89.5 Å². The van der Waals surface area contributed by atoms with E-state index in [1.54, 1.807) is 18.4 Å². The molecule has 0 aliphatic carbocycles. The van der Waals surface area contributed by atoms with Crippen LogP contribution in [0.4, 0.5) is 0 Å². The van der Waals surface area contributed by atoms with Crippen LogP contribution < -0.4 is 4.74 Å². The number of benzene rings is 1. The normalized spacial score (nSPS) is 10.7. The summed E-state index contributed by atoms with van der Waals surface area (Å²) in [5.41, 5.74) is 1.17. The molecule has 0 atom stereocenters. The van der Waals surface area contributed by atoms with Crippen molar-refractivity contribution in [2.45, 2.75) is 6.92 Å². The number of hydrogen-bond acceptors (Lipinski definition) is 2. The second kappa shape index (κ2) is 3.31. The SMILES string of the molecule is COc1c(C)cc2ccsc2c1Br. The molecule has 2 aromatic rings. The first-order valence-electron chi connectivity index (χ1n) is 3.94. The summed E-state index contributed by atoms with van der Waals surface area (Å²) in [5, 5.41) is 3.36. The van der Waals surface area contributed by atoms with Crippen molar-refractivity contribution in [3.05, 3.63) is 27.5 Å². The van der Waals surface area contributed by atoms with Gasteiger partial charge in [-0.2, -0.15) is 0 Å². The summed E-state index contributed by atoms with van der Waals surface area (Å²) in [5.74, 6) is 0.940. The maximum Gasteiger partial charge on any atom is 0.137 e. The Morgan fingerprint density at radius 1 is 1.46 bits per heavy atom. The molecule has 0 radical (unpaired) electrons. The molecule has 2 rings (SSSR count). The zero-order valence-electron chi connectivity index (χ0n) is 7.43. The monoisotopic (exact) mass is 256 g/mol. The van der Waals surface area contributed by atoms with Crippen LogP contribution >= 0.6 is 27.3 Å². The second-order valence-corrected chi connectivity index (χ2v) is 4.59. The van der Waals surface area contributed by atoms with E-state index in [0.29, 0.717) is 0 Å². The summed E-state index contributed by atoms with van der Waals surface area (Å²) in [6, 6.07) is 4.27. The minimum absolute atomic E-state index is 0.940. The lowest BCUT2D eigenvalue weighted by Crippen LogP contribution is -1.87. The molecular formula is C10H9BrOS. The molecule has 1 nitrogen and oxygen atoms in total. The standard InChI is InChI=1S/C10H9BrOS/c1-6-5-7-3-4-13-10(7)8(11)9(6)12-2/h3-5H,1-2H3. The van der Waals surface area contributed by atoms with Crippen molar-refractivity contribution in [3.63, 3.8) is 0 Å². The smallest absolute Gasteiger partial charge is 0.137 e. The summed E-state index contributed by atoms with van der Waals surface area (Å²) in [6.07, 6.45) is 0. The lowest BCUT2D eigenvalue weighted by Gasteiger charge is -2.07. The highest BCUT2D eigenvalue weighted by molar-refractivity contribution is 9.10. The predicted octanol–water partition coefficient (Wildman–Crippen LogP) is 3.98. The van der Waals surface area contributed by atoms with Crippen LogP contribution in [0, 0.1) is 6.92 Å². The van der Waals surface area contributed by atoms with Gasteiger partial charge in [-0.05, 0) is 51.3 Å². The van der Waals surface area contributed by atoms with Gasteiger partial charge in [0, 0.05) is 0 Å². The predicted molar refractivity (Wildman–Crippen MR) is 60.8 cm³/mol. The Balaban J connectivity index is 2.85. The molecule has 1 aromatic heterocycles. The van der Waals surface area contributed by atoms with Crippen LogP contribution in [0.5, 0.6) is 5.75 Å². The summed E-state index contributed by atoms with van der Waals surface area (Å²) in [7, 11) is 1.70. The van der Waals surface area contributed by atoms with Crippen LogP contribution in [-0.2, 0) is 0 Å². The molecule has 0 unspecified atom stereocenters. The van der Waals surface area contributed by atoms with E-state index in [4.69, 9.17) is 4.74 Å². The van der Waals surface area contributed by atoms with Crippen molar-refractivity contribution < 1.29 is 4.74 Å². The fourth-order valence-corrected chi connectivity index (χ4v) is 3.23. The molecule has 0 aliphatic heterocycles. The minimum atomic E-state index is 0.940. The number of fused-ring (bicyclic) bond motifs is 1. The van der Waals surface area contributed by atoms with Crippen LogP contribution in [0.15, 0.2) is 22.0 Å². The van der Waals surface area contributed by atoms with Crippen LogP contribution in [-0.4, -0.2) is 7.11 Å². The molecule has 13 heavy (non-hydrogen) atoms. The first-order chi connectivity index (χ1) is 6.24. The van der Waals surface area contributed by atoms with Gasteiger partial charge in [-0.25, -0.2) is 0 Å². The molecular weight excluding hydrogens is 248 g/mol. The highest BCUT2D eigenvalue weighted by Crippen LogP contribution is 2.38. The Morgan fingerprint density at radius 2 is 2.23 bits per heavy atom. The van der Waals surface area contributed by atoms with E-state index in [-0.39, 0.29) is 0 Å². The Hall–Kier alpha value is -0.540. The lowest BCUT2D eigenvalue weighted by molar-refractivity contribution is 0.410. The molecule has 0 bridgehead atoms. The van der Waals surface area contributed by atoms with Crippen molar-refractivity contribution in [1.29, 1.82) is 0 Å². The van der Waals surface area contributed by atoms with E-state index in [1.807, 2.05) is 0 Å². The zero-order valence-corrected chi connectivity index (χ0v) is 9.83. The van der Waals surface area contributed by atoms with Gasteiger partial charge in [0.1, 0.15) is 5.75 Å². The number of ether oxygens (including phenoxy) is 1.